The maximum atomic E-state index is 13.3. The van der Waals surface area contributed by atoms with E-state index in [1.54, 1.807) is 33.1 Å². The van der Waals surface area contributed by atoms with Crippen LogP contribution in [0.15, 0.2) is 29.1 Å². The summed E-state index contributed by atoms with van der Waals surface area (Å²) >= 11 is 0. The fraction of sp³-hybridized carbons (Fsp3) is 0.423. The van der Waals surface area contributed by atoms with Gasteiger partial charge >= 0.3 is 5.97 Å². The Morgan fingerprint density at radius 1 is 1.06 bits per heavy atom. The summed E-state index contributed by atoms with van der Waals surface area (Å²) < 4.78 is 16.9. The minimum absolute atomic E-state index is 0.154. The Balaban J connectivity index is 2.34. The number of fused-ring (bicyclic) bond motifs is 3. The molecule has 3 rings (SSSR count). The number of aliphatic carboxylic acids is 1. The maximum absolute atomic E-state index is 13.3. The number of anilines is 1. The molecule has 1 aliphatic rings. The van der Waals surface area contributed by atoms with Gasteiger partial charge in [-0.2, -0.15) is 0 Å². The summed E-state index contributed by atoms with van der Waals surface area (Å²) in [6.07, 6.45) is 1.12. The number of aryl methyl sites for hydroxylation is 1. The quantitative estimate of drug-likeness (QED) is 0.521. The highest BCUT2D eigenvalue weighted by atomic mass is 16.5. The average Bonchev–Trinajstić information content (AvgIpc) is 3.04. The van der Waals surface area contributed by atoms with Crippen molar-refractivity contribution < 1.29 is 28.9 Å². The lowest BCUT2D eigenvalue weighted by molar-refractivity contribution is -0.138. The Hall–Kier alpha value is -3.75. The average molecular weight is 485 g/mol. The summed E-state index contributed by atoms with van der Waals surface area (Å²) in [6.45, 7) is 4.96. The highest BCUT2D eigenvalue weighted by Gasteiger charge is 2.30. The molecule has 0 aromatic heterocycles. The van der Waals surface area contributed by atoms with Gasteiger partial charge in [0, 0.05) is 12.5 Å². The van der Waals surface area contributed by atoms with Gasteiger partial charge in [0.15, 0.2) is 11.5 Å². The summed E-state index contributed by atoms with van der Waals surface area (Å²) in [5, 5.41) is 15.4. The normalized spacial score (nSPS) is 15.2. The Bertz CT molecular complexity index is 1190. The van der Waals surface area contributed by atoms with Crippen molar-refractivity contribution in [3.05, 3.63) is 45.6 Å². The number of nitrogens with one attached hydrogen (secondary N) is 2. The van der Waals surface area contributed by atoms with Crippen molar-refractivity contribution in [2.45, 2.75) is 45.7 Å². The molecule has 1 amide bonds. The van der Waals surface area contributed by atoms with Gasteiger partial charge in [-0.05, 0) is 53.6 Å². The standard InChI is InChI=1S/C26H32N2O7/c1-13(2)23(26(31)32)28-19-10-8-16-17(12-20(19)30)18(27-14(3)29)9-7-15-11-21(33-4)24(34-5)25(35-6)22(15)16/h8,10-13,18,23H,7,9H2,1-6H3,(H,27,29)(H,28,30)(H,31,32). The van der Waals surface area contributed by atoms with E-state index < -0.39 is 18.1 Å². The molecule has 0 fully saturated rings. The zero-order valence-corrected chi connectivity index (χ0v) is 20.9. The van der Waals surface area contributed by atoms with Crippen molar-refractivity contribution in [2.24, 2.45) is 5.92 Å². The third-order valence-corrected chi connectivity index (χ3v) is 6.16. The van der Waals surface area contributed by atoms with Crippen LogP contribution in [0.2, 0.25) is 0 Å². The molecule has 3 N–H and O–H groups in total. The van der Waals surface area contributed by atoms with E-state index in [2.05, 4.69) is 10.6 Å². The molecule has 0 aliphatic heterocycles. The molecule has 188 valence electrons. The number of ether oxygens (including phenoxy) is 3. The first kappa shape index (κ1) is 25.9. The first-order chi connectivity index (χ1) is 16.6. The van der Waals surface area contributed by atoms with Crippen LogP contribution in [0.5, 0.6) is 17.2 Å². The minimum atomic E-state index is -1.05. The van der Waals surface area contributed by atoms with Crippen molar-refractivity contribution in [1.82, 2.24) is 5.32 Å². The second-order valence-electron chi connectivity index (χ2n) is 8.80. The summed E-state index contributed by atoms with van der Waals surface area (Å²) in [6, 6.07) is 5.29. The molecule has 2 aromatic carbocycles. The van der Waals surface area contributed by atoms with Crippen LogP contribution in [0, 0.1) is 5.92 Å². The molecule has 35 heavy (non-hydrogen) atoms. The molecule has 9 heteroatoms. The van der Waals surface area contributed by atoms with E-state index in [0.717, 1.165) is 11.1 Å². The third-order valence-electron chi connectivity index (χ3n) is 6.16. The second-order valence-corrected chi connectivity index (χ2v) is 8.80. The van der Waals surface area contributed by atoms with Gasteiger partial charge in [0.25, 0.3) is 0 Å². The number of amides is 1. The first-order valence-electron chi connectivity index (χ1n) is 11.4. The van der Waals surface area contributed by atoms with E-state index in [1.807, 2.05) is 6.07 Å². The summed E-state index contributed by atoms with van der Waals surface area (Å²) in [5.41, 5.74) is 2.70. The minimum Gasteiger partial charge on any atom is -0.493 e. The molecule has 2 aromatic rings. The third kappa shape index (κ3) is 5.18. The maximum Gasteiger partial charge on any atom is 0.326 e. The van der Waals surface area contributed by atoms with Crippen LogP contribution in [-0.2, 0) is 16.0 Å². The van der Waals surface area contributed by atoms with E-state index in [1.165, 1.54) is 27.2 Å². The fourth-order valence-electron chi connectivity index (χ4n) is 4.51. The molecule has 1 aliphatic carbocycles. The van der Waals surface area contributed by atoms with Crippen LogP contribution in [0.3, 0.4) is 0 Å². The summed E-state index contributed by atoms with van der Waals surface area (Å²) in [4.78, 5) is 37.0. The van der Waals surface area contributed by atoms with Crippen molar-refractivity contribution in [3.63, 3.8) is 0 Å². The number of carboxylic acid groups (broad SMARTS) is 1. The van der Waals surface area contributed by atoms with Crippen LogP contribution >= 0.6 is 0 Å². The van der Waals surface area contributed by atoms with Crippen LogP contribution in [0.1, 0.15) is 44.4 Å². The van der Waals surface area contributed by atoms with Gasteiger partial charge in [0.2, 0.25) is 17.1 Å². The van der Waals surface area contributed by atoms with Crippen molar-refractivity contribution in [2.75, 3.05) is 26.6 Å². The van der Waals surface area contributed by atoms with E-state index >= 15 is 0 Å². The Kier molecular flexibility index (Phi) is 7.89. The van der Waals surface area contributed by atoms with Crippen molar-refractivity contribution in [3.8, 4) is 28.4 Å². The Morgan fingerprint density at radius 3 is 2.29 bits per heavy atom. The lowest BCUT2D eigenvalue weighted by atomic mass is 9.95. The number of hydrogen-bond acceptors (Lipinski definition) is 7. The van der Waals surface area contributed by atoms with Gasteiger partial charge in [-0.1, -0.05) is 19.9 Å². The Morgan fingerprint density at radius 2 is 1.74 bits per heavy atom. The van der Waals surface area contributed by atoms with Crippen LogP contribution in [-0.4, -0.2) is 44.4 Å². The largest absolute Gasteiger partial charge is 0.493 e. The number of rotatable bonds is 8. The summed E-state index contributed by atoms with van der Waals surface area (Å²) in [5.74, 6) is -0.151. The predicted octanol–water partition coefficient (Wildman–Crippen LogP) is 3.38. The van der Waals surface area contributed by atoms with Crippen LogP contribution < -0.4 is 30.3 Å². The lowest BCUT2D eigenvalue weighted by Gasteiger charge is -2.19. The van der Waals surface area contributed by atoms with E-state index in [0.29, 0.717) is 41.2 Å². The number of carbonyl (C=O) groups is 2. The van der Waals surface area contributed by atoms with Gasteiger partial charge in [-0.3, -0.25) is 9.59 Å². The molecule has 0 saturated carbocycles. The smallest absolute Gasteiger partial charge is 0.326 e. The first-order valence-corrected chi connectivity index (χ1v) is 11.4. The van der Waals surface area contributed by atoms with Gasteiger partial charge in [-0.15, -0.1) is 0 Å². The monoisotopic (exact) mass is 484 g/mol. The number of carbonyl (C=O) groups excluding carboxylic acids is 1. The molecular weight excluding hydrogens is 452 g/mol. The zero-order valence-electron chi connectivity index (χ0n) is 20.9. The SMILES string of the molecule is COc1cc2c(c(OC)c1OC)-c1ccc(NC(C(=O)O)C(C)C)c(=O)cc1C(NC(C)=O)CC2. The molecular formula is C26H32N2O7. The molecule has 2 atom stereocenters. The molecule has 0 saturated heterocycles. The number of benzene rings is 1. The predicted molar refractivity (Wildman–Crippen MR) is 133 cm³/mol. The molecule has 0 bridgehead atoms. The molecule has 0 spiro atoms. The number of hydrogen-bond donors (Lipinski definition) is 3. The van der Waals surface area contributed by atoms with Gasteiger partial charge in [-0.25, -0.2) is 4.79 Å². The topological polar surface area (TPSA) is 123 Å². The molecule has 0 heterocycles. The highest BCUT2D eigenvalue weighted by molar-refractivity contribution is 5.84. The van der Waals surface area contributed by atoms with Gasteiger partial charge < -0.3 is 30.0 Å². The van der Waals surface area contributed by atoms with E-state index in [4.69, 9.17) is 14.2 Å². The van der Waals surface area contributed by atoms with Gasteiger partial charge in [0.1, 0.15) is 6.04 Å². The number of methoxy groups -OCH3 is 3. The lowest BCUT2D eigenvalue weighted by Crippen LogP contribution is -2.35. The second kappa shape index (κ2) is 10.7. The number of carboxylic acids is 1. The fourth-order valence-corrected chi connectivity index (χ4v) is 4.51. The molecule has 0 radical (unpaired) electrons. The van der Waals surface area contributed by atoms with Crippen LogP contribution in [0.25, 0.3) is 11.1 Å². The summed E-state index contributed by atoms with van der Waals surface area (Å²) in [7, 11) is 4.59. The van der Waals surface area contributed by atoms with Crippen molar-refractivity contribution in [1.29, 1.82) is 0 Å². The molecule has 9 nitrogen and oxygen atoms in total. The Labute approximate surface area is 204 Å². The molecule has 2 unspecified atom stereocenters. The van der Waals surface area contributed by atoms with Gasteiger partial charge in [0.05, 0.1) is 33.1 Å². The van der Waals surface area contributed by atoms with E-state index in [-0.39, 0.29) is 22.9 Å². The van der Waals surface area contributed by atoms with E-state index in [9.17, 15) is 19.5 Å². The van der Waals surface area contributed by atoms with Crippen molar-refractivity contribution >= 4 is 17.6 Å². The zero-order chi connectivity index (χ0) is 25.9. The van der Waals surface area contributed by atoms with Crippen LogP contribution in [0.4, 0.5) is 5.69 Å². The highest BCUT2D eigenvalue weighted by Crippen LogP contribution is 2.50.